The molecular formula is C13H16BrFN2S. The highest BCUT2D eigenvalue weighted by Gasteiger charge is 2.19. The number of nitrogens with one attached hydrogen (secondary N) is 1. The van der Waals surface area contributed by atoms with Crippen molar-refractivity contribution in [2.45, 2.75) is 38.5 Å². The van der Waals surface area contributed by atoms with Crippen LogP contribution in [0.1, 0.15) is 25.8 Å². The normalized spacial score (nSPS) is 23.7. The standard InChI is InChI=1S/C13H16BrFN2S/c1-7-4-11(15)10(14)6-12(7)17-13-16-8(2)5-9(3)18-13/h4,6,8-9H,5H2,1-3H3,(H,16,17). The molecule has 0 saturated heterocycles. The van der Waals surface area contributed by atoms with Crippen LogP contribution in [0.15, 0.2) is 21.6 Å². The van der Waals surface area contributed by atoms with Gasteiger partial charge in [-0.15, -0.1) is 0 Å². The van der Waals surface area contributed by atoms with Crippen molar-refractivity contribution in [2.24, 2.45) is 4.99 Å². The lowest BCUT2D eigenvalue weighted by molar-refractivity contribution is 0.620. The lowest BCUT2D eigenvalue weighted by atomic mass is 10.2. The smallest absolute Gasteiger partial charge is 0.161 e. The number of aliphatic imine (C=N–C) groups is 1. The van der Waals surface area contributed by atoms with E-state index >= 15 is 0 Å². The Balaban J connectivity index is 2.21. The van der Waals surface area contributed by atoms with Gasteiger partial charge in [0.2, 0.25) is 0 Å². The Hall–Kier alpha value is -0.550. The number of thioether (sulfide) groups is 1. The first kappa shape index (κ1) is 13.9. The fourth-order valence-electron chi connectivity index (χ4n) is 1.96. The first-order chi connectivity index (χ1) is 8.45. The second-order valence-corrected chi connectivity index (χ2v) is 6.94. The minimum absolute atomic E-state index is 0.238. The number of amidine groups is 1. The molecule has 2 rings (SSSR count). The minimum atomic E-state index is -0.238. The van der Waals surface area contributed by atoms with E-state index in [-0.39, 0.29) is 5.82 Å². The monoisotopic (exact) mass is 330 g/mol. The van der Waals surface area contributed by atoms with Crippen LogP contribution in [0.3, 0.4) is 0 Å². The molecule has 0 amide bonds. The second kappa shape index (κ2) is 5.61. The highest BCUT2D eigenvalue weighted by molar-refractivity contribution is 9.10. The van der Waals surface area contributed by atoms with Gasteiger partial charge in [-0.2, -0.15) is 0 Å². The molecule has 0 aliphatic carbocycles. The van der Waals surface area contributed by atoms with Gasteiger partial charge in [-0.1, -0.05) is 18.7 Å². The maximum absolute atomic E-state index is 13.4. The zero-order chi connectivity index (χ0) is 13.3. The summed E-state index contributed by atoms with van der Waals surface area (Å²) >= 11 is 4.94. The third-order valence-corrected chi connectivity index (χ3v) is 4.47. The van der Waals surface area contributed by atoms with Crippen LogP contribution in [0.2, 0.25) is 0 Å². The molecule has 0 aromatic heterocycles. The molecule has 1 aliphatic rings. The Bertz CT molecular complexity index is 490. The number of aryl methyl sites for hydroxylation is 1. The Morgan fingerprint density at radius 1 is 1.44 bits per heavy atom. The summed E-state index contributed by atoms with van der Waals surface area (Å²) in [7, 11) is 0. The number of rotatable bonds is 1. The third-order valence-electron chi connectivity index (χ3n) is 2.83. The van der Waals surface area contributed by atoms with Crippen molar-refractivity contribution in [3.63, 3.8) is 0 Å². The number of anilines is 1. The molecule has 1 heterocycles. The first-order valence-corrected chi connectivity index (χ1v) is 7.60. The Labute approximate surface area is 120 Å². The maximum atomic E-state index is 13.4. The number of hydrogen-bond acceptors (Lipinski definition) is 3. The zero-order valence-electron chi connectivity index (χ0n) is 10.6. The Morgan fingerprint density at radius 3 is 2.83 bits per heavy atom. The highest BCUT2D eigenvalue weighted by atomic mass is 79.9. The topological polar surface area (TPSA) is 24.4 Å². The van der Waals surface area contributed by atoms with Gasteiger partial charge in [0.05, 0.1) is 10.5 Å². The van der Waals surface area contributed by atoms with Crippen molar-refractivity contribution >= 4 is 38.5 Å². The molecule has 0 radical (unpaired) electrons. The maximum Gasteiger partial charge on any atom is 0.161 e. The summed E-state index contributed by atoms with van der Waals surface area (Å²) in [5.74, 6) is -0.238. The van der Waals surface area contributed by atoms with Crippen LogP contribution in [0.4, 0.5) is 10.1 Å². The van der Waals surface area contributed by atoms with Gasteiger partial charge in [-0.25, -0.2) is 4.39 Å². The fraction of sp³-hybridized carbons (Fsp3) is 0.462. The SMILES string of the molecule is Cc1cc(F)c(Br)cc1NC1=NC(C)CC(C)S1. The van der Waals surface area contributed by atoms with E-state index in [0.717, 1.165) is 22.8 Å². The van der Waals surface area contributed by atoms with Crippen LogP contribution in [0.25, 0.3) is 0 Å². The van der Waals surface area contributed by atoms with E-state index in [1.54, 1.807) is 17.8 Å². The van der Waals surface area contributed by atoms with Gasteiger partial charge in [0, 0.05) is 10.9 Å². The molecule has 0 fully saturated rings. The van der Waals surface area contributed by atoms with Crippen molar-refractivity contribution in [2.75, 3.05) is 5.32 Å². The molecule has 0 saturated carbocycles. The van der Waals surface area contributed by atoms with Crippen molar-refractivity contribution in [3.8, 4) is 0 Å². The predicted molar refractivity (Wildman–Crippen MR) is 81.0 cm³/mol. The predicted octanol–water partition coefficient (Wildman–Crippen LogP) is 4.58. The van der Waals surface area contributed by atoms with Crippen LogP contribution in [-0.2, 0) is 0 Å². The largest absolute Gasteiger partial charge is 0.335 e. The van der Waals surface area contributed by atoms with Crippen LogP contribution in [-0.4, -0.2) is 16.5 Å². The van der Waals surface area contributed by atoms with Crippen LogP contribution in [0, 0.1) is 12.7 Å². The van der Waals surface area contributed by atoms with E-state index in [1.165, 1.54) is 6.07 Å². The van der Waals surface area contributed by atoms with Crippen molar-refractivity contribution in [3.05, 3.63) is 28.0 Å². The third kappa shape index (κ3) is 3.26. The summed E-state index contributed by atoms with van der Waals surface area (Å²) in [6.45, 7) is 6.20. The Kier molecular flexibility index (Phi) is 4.33. The van der Waals surface area contributed by atoms with Crippen LogP contribution >= 0.6 is 27.7 Å². The number of halogens is 2. The van der Waals surface area contributed by atoms with E-state index in [4.69, 9.17) is 0 Å². The summed E-state index contributed by atoms with van der Waals surface area (Å²) in [5, 5.41) is 4.77. The number of nitrogens with zero attached hydrogens (tertiary/aromatic N) is 1. The van der Waals surface area contributed by atoms with Crippen LogP contribution in [0.5, 0.6) is 0 Å². The first-order valence-electron chi connectivity index (χ1n) is 5.93. The Morgan fingerprint density at radius 2 is 2.17 bits per heavy atom. The van der Waals surface area contributed by atoms with Gasteiger partial charge in [0.1, 0.15) is 5.82 Å². The highest BCUT2D eigenvalue weighted by Crippen LogP contribution is 2.29. The molecule has 98 valence electrons. The molecule has 1 aromatic carbocycles. The van der Waals surface area contributed by atoms with Gasteiger partial charge in [-0.3, -0.25) is 4.99 Å². The van der Waals surface area contributed by atoms with Gasteiger partial charge >= 0.3 is 0 Å². The van der Waals surface area contributed by atoms with Crippen molar-refractivity contribution in [1.29, 1.82) is 0 Å². The van der Waals surface area contributed by atoms with Crippen molar-refractivity contribution in [1.82, 2.24) is 0 Å². The van der Waals surface area contributed by atoms with E-state index < -0.39 is 0 Å². The summed E-state index contributed by atoms with van der Waals surface area (Å²) in [5.41, 5.74) is 1.78. The molecule has 2 atom stereocenters. The molecule has 1 aliphatic heterocycles. The summed E-state index contributed by atoms with van der Waals surface area (Å²) in [6, 6.07) is 3.62. The van der Waals surface area contributed by atoms with Gasteiger partial charge in [0.15, 0.2) is 5.17 Å². The number of hydrogen-bond donors (Lipinski definition) is 1. The quantitative estimate of drug-likeness (QED) is 0.815. The molecule has 0 bridgehead atoms. The molecular weight excluding hydrogens is 315 g/mol. The summed E-state index contributed by atoms with van der Waals surface area (Å²) < 4.78 is 13.8. The summed E-state index contributed by atoms with van der Waals surface area (Å²) in [4.78, 5) is 4.58. The molecule has 0 spiro atoms. The molecule has 2 nitrogen and oxygen atoms in total. The molecule has 5 heteroatoms. The van der Waals surface area contributed by atoms with Gasteiger partial charge < -0.3 is 5.32 Å². The average Bonchev–Trinajstić information content (AvgIpc) is 2.24. The van der Waals surface area contributed by atoms with E-state index in [1.807, 2.05) is 6.92 Å². The molecule has 2 unspecified atom stereocenters. The minimum Gasteiger partial charge on any atom is -0.335 e. The van der Waals surface area contributed by atoms with E-state index in [0.29, 0.717) is 15.8 Å². The lowest BCUT2D eigenvalue weighted by Crippen LogP contribution is -2.23. The summed E-state index contributed by atoms with van der Waals surface area (Å²) in [6.07, 6.45) is 1.10. The number of benzene rings is 1. The fourth-order valence-corrected chi connectivity index (χ4v) is 3.47. The van der Waals surface area contributed by atoms with E-state index in [2.05, 4.69) is 40.1 Å². The van der Waals surface area contributed by atoms with Crippen LogP contribution < -0.4 is 5.32 Å². The van der Waals surface area contributed by atoms with Crippen molar-refractivity contribution < 1.29 is 4.39 Å². The van der Waals surface area contributed by atoms with Gasteiger partial charge in [0.25, 0.3) is 0 Å². The average molecular weight is 331 g/mol. The second-order valence-electron chi connectivity index (χ2n) is 4.65. The van der Waals surface area contributed by atoms with E-state index in [9.17, 15) is 4.39 Å². The molecule has 1 N–H and O–H groups in total. The molecule has 1 aromatic rings. The van der Waals surface area contributed by atoms with Gasteiger partial charge in [-0.05, 0) is 53.9 Å². The zero-order valence-corrected chi connectivity index (χ0v) is 13.0. The lowest BCUT2D eigenvalue weighted by Gasteiger charge is -2.23. The molecule has 18 heavy (non-hydrogen) atoms.